The summed E-state index contributed by atoms with van der Waals surface area (Å²) in [4.78, 5) is 2.32. The van der Waals surface area contributed by atoms with E-state index in [0.717, 1.165) is 23.5 Å². The minimum absolute atomic E-state index is 0.111. The van der Waals surface area contributed by atoms with E-state index >= 15 is 0 Å². The topological polar surface area (TPSA) is 62.3 Å². The molecule has 0 bridgehead atoms. The average molecular weight is 247 g/mol. The van der Waals surface area contributed by atoms with Gasteiger partial charge in [-0.2, -0.15) is 0 Å². The average Bonchev–Trinajstić information content (AvgIpc) is 2.67. The summed E-state index contributed by atoms with van der Waals surface area (Å²) in [7, 11) is 1.66. The van der Waals surface area contributed by atoms with Gasteiger partial charge in [0.25, 0.3) is 0 Å². The second-order valence-corrected chi connectivity index (χ2v) is 5.14. The van der Waals surface area contributed by atoms with Crippen LogP contribution >= 0.6 is 0 Å². The van der Waals surface area contributed by atoms with Crippen LogP contribution in [-0.2, 0) is 0 Å². The Morgan fingerprint density at radius 3 is 2.67 bits per heavy atom. The molecular formula is C14H21N3O. The fraction of sp³-hybridized carbons (Fsp3) is 0.500. The predicted molar refractivity (Wildman–Crippen MR) is 74.6 cm³/mol. The normalized spacial score (nSPS) is 23.2. The number of methoxy groups -OCH3 is 1. The van der Waals surface area contributed by atoms with Gasteiger partial charge in [0.05, 0.1) is 12.8 Å². The number of anilines is 1. The number of nitrogens with two attached hydrogens (primary N) is 1. The van der Waals surface area contributed by atoms with E-state index in [9.17, 15) is 0 Å². The van der Waals surface area contributed by atoms with Crippen LogP contribution in [0.15, 0.2) is 18.2 Å². The largest absolute Gasteiger partial charge is 0.497 e. The Bertz CT molecular complexity index is 458. The highest BCUT2D eigenvalue weighted by molar-refractivity contribution is 6.00. The van der Waals surface area contributed by atoms with E-state index in [2.05, 4.69) is 18.7 Å². The highest BCUT2D eigenvalue weighted by Crippen LogP contribution is 2.33. The third kappa shape index (κ3) is 2.28. The van der Waals surface area contributed by atoms with E-state index in [1.54, 1.807) is 7.11 Å². The van der Waals surface area contributed by atoms with Gasteiger partial charge in [-0.1, -0.05) is 6.92 Å². The number of hydrogen-bond acceptors (Lipinski definition) is 3. The van der Waals surface area contributed by atoms with Crippen LogP contribution in [-0.4, -0.2) is 25.5 Å². The van der Waals surface area contributed by atoms with Crippen molar-refractivity contribution in [3.63, 3.8) is 0 Å². The summed E-state index contributed by atoms with van der Waals surface area (Å²) in [6, 6.07) is 6.17. The molecule has 2 atom stereocenters. The van der Waals surface area contributed by atoms with Gasteiger partial charge in [-0.25, -0.2) is 0 Å². The van der Waals surface area contributed by atoms with Crippen LogP contribution in [0, 0.1) is 11.3 Å². The van der Waals surface area contributed by atoms with Gasteiger partial charge in [0.2, 0.25) is 0 Å². The monoisotopic (exact) mass is 247 g/mol. The number of benzene rings is 1. The zero-order valence-electron chi connectivity index (χ0n) is 11.2. The van der Waals surface area contributed by atoms with E-state index in [4.69, 9.17) is 15.9 Å². The van der Waals surface area contributed by atoms with Crippen molar-refractivity contribution in [1.29, 1.82) is 5.41 Å². The Morgan fingerprint density at radius 1 is 1.44 bits per heavy atom. The maximum atomic E-state index is 7.69. The molecule has 1 saturated heterocycles. The molecule has 3 N–H and O–H groups in total. The molecule has 1 aromatic carbocycles. The van der Waals surface area contributed by atoms with Crippen molar-refractivity contribution in [1.82, 2.24) is 0 Å². The molecule has 1 aliphatic heterocycles. The van der Waals surface area contributed by atoms with Gasteiger partial charge in [0.1, 0.15) is 11.6 Å². The Balaban J connectivity index is 2.43. The van der Waals surface area contributed by atoms with Gasteiger partial charge in [-0.05, 0) is 31.4 Å². The minimum Gasteiger partial charge on any atom is -0.497 e. The predicted octanol–water partition coefficient (Wildman–Crippen LogP) is 2.21. The van der Waals surface area contributed by atoms with Gasteiger partial charge in [0, 0.05) is 24.2 Å². The number of amidine groups is 1. The Kier molecular flexibility index (Phi) is 3.45. The first-order valence-electron chi connectivity index (χ1n) is 6.32. The fourth-order valence-corrected chi connectivity index (χ4v) is 2.74. The molecule has 2 unspecified atom stereocenters. The third-order valence-electron chi connectivity index (χ3n) is 3.59. The van der Waals surface area contributed by atoms with Crippen molar-refractivity contribution in [3.8, 4) is 5.75 Å². The number of rotatable bonds is 3. The number of ether oxygens (including phenoxy) is 1. The van der Waals surface area contributed by atoms with Gasteiger partial charge >= 0.3 is 0 Å². The van der Waals surface area contributed by atoms with Crippen LogP contribution in [0.1, 0.15) is 25.8 Å². The number of hydrogen-bond donors (Lipinski definition) is 2. The van der Waals surface area contributed by atoms with Crippen molar-refractivity contribution in [2.24, 2.45) is 11.7 Å². The number of nitrogens with one attached hydrogen (secondary N) is 1. The maximum Gasteiger partial charge on any atom is 0.124 e. The van der Waals surface area contributed by atoms with Crippen LogP contribution < -0.4 is 15.4 Å². The molecule has 0 radical (unpaired) electrons. The number of nitrogen functional groups attached to an aromatic ring is 1. The lowest BCUT2D eigenvalue weighted by atomic mass is 10.1. The van der Waals surface area contributed by atoms with Gasteiger partial charge in [-0.15, -0.1) is 0 Å². The molecule has 1 heterocycles. The first kappa shape index (κ1) is 12.7. The van der Waals surface area contributed by atoms with Crippen LogP contribution in [0.4, 0.5) is 5.69 Å². The minimum atomic E-state index is 0.111. The lowest BCUT2D eigenvalue weighted by Gasteiger charge is -2.26. The van der Waals surface area contributed by atoms with E-state index in [0.29, 0.717) is 12.0 Å². The summed E-state index contributed by atoms with van der Waals surface area (Å²) < 4.78 is 5.27. The first-order chi connectivity index (χ1) is 8.52. The quantitative estimate of drug-likeness (QED) is 0.636. The number of nitrogens with zero attached hydrogens (tertiary/aromatic N) is 1. The highest BCUT2D eigenvalue weighted by atomic mass is 16.5. The second kappa shape index (κ2) is 4.88. The summed E-state index contributed by atoms with van der Waals surface area (Å²) in [5, 5.41) is 7.69. The molecule has 1 fully saturated rings. The molecule has 98 valence electrons. The molecule has 0 aliphatic carbocycles. The fourth-order valence-electron chi connectivity index (χ4n) is 2.74. The molecule has 1 aromatic rings. The maximum absolute atomic E-state index is 7.69. The third-order valence-corrected chi connectivity index (χ3v) is 3.59. The van der Waals surface area contributed by atoms with Crippen LogP contribution in [0.2, 0.25) is 0 Å². The summed E-state index contributed by atoms with van der Waals surface area (Å²) in [5.41, 5.74) is 7.47. The molecule has 0 amide bonds. The van der Waals surface area contributed by atoms with E-state index in [1.165, 1.54) is 6.42 Å². The molecule has 2 rings (SSSR count). The lowest BCUT2D eigenvalue weighted by molar-refractivity contribution is 0.414. The molecule has 4 heteroatoms. The van der Waals surface area contributed by atoms with Crippen molar-refractivity contribution in [3.05, 3.63) is 23.8 Å². The van der Waals surface area contributed by atoms with E-state index in [1.807, 2.05) is 18.2 Å². The zero-order valence-corrected chi connectivity index (χ0v) is 11.2. The van der Waals surface area contributed by atoms with Crippen LogP contribution in [0.3, 0.4) is 0 Å². The molecule has 18 heavy (non-hydrogen) atoms. The van der Waals surface area contributed by atoms with Gasteiger partial charge in [-0.3, -0.25) is 5.41 Å². The summed E-state index contributed by atoms with van der Waals surface area (Å²) in [6.07, 6.45) is 1.18. The molecule has 1 aliphatic rings. The Morgan fingerprint density at radius 2 is 2.17 bits per heavy atom. The zero-order chi connectivity index (χ0) is 13.3. The second-order valence-electron chi connectivity index (χ2n) is 5.14. The molecule has 0 aromatic heterocycles. The van der Waals surface area contributed by atoms with E-state index < -0.39 is 0 Å². The summed E-state index contributed by atoms with van der Waals surface area (Å²) in [6.45, 7) is 5.48. The standard InChI is InChI=1S/C14H21N3O/c1-9-6-10(2)17(8-9)13-7-11(18-3)4-5-12(13)14(15)16/h4-5,7,9-10H,6,8H2,1-3H3,(H3,15,16). The van der Waals surface area contributed by atoms with Gasteiger partial charge in [0.15, 0.2) is 0 Å². The Hall–Kier alpha value is -1.71. The van der Waals surface area contributed by atoms with Crippen molar-refractivity contribution in [2.45, 2.75) is 26.3 Å². The molecule has 0 saturated carbocycles. The van der Waals surface area contributed by atoms with Crippen LogP contribution in [0.25, 0.3) is 0 Å². The van der Waals surface area contributed by atoms with Gasteiger partial charge < -0.3 is 15.4 Å². The van der Waals surface area contributed by atoms with E-state index in [-0.39, 0.29) is 5.84 Å². The first-order valence-corrected chi connectivity index (χ1v) is 6.32. The molecular weight excluding hydrogens is 226 g/mol. The van der Waals surface area contributed by atoms with Crippen molar-refractivity contribution >= 4 is 11.5 Å². The Labute approximate surface area is 108 Å². The van der Waals surface area contributed by atoms with Crippen LogP contribution in [0.5, 0.6) is 5.75 Å². The summed E-state index contributed by atoms with van der Waals surface area (Å²) in [5.74, 6) is 1.59. The SMILES string of the molecule is COc1ccc(C(=N)N)c(N2CC(C)CC2C)c1. The summed E-state index contributed by atoms with van der Waals surface area (Å²) >= 11 is 0. The van der Waals surface area contributed by atoms with Crippen molar-refractivity contribution < 1.29 is 4.74 Å². The lowest BCUT2D eigenvalue weighted by Crippen LogP contribution is -2.29. The van der Waals surface area contributed by atoms with Crippen molar-refractivity contribution in [2.75, 3.05) is 18.6 Å². The smallest absolute Gasteiger partial charge is 0.124 e. The highest BCUT2D eigenvalue weighted by Gasteiger charge is 2.28. The molecule has 0 spiro atoms. The molecule has 4 nitrogen and oxygen atoms in total.